The number of likely N-dealkylation sites (tertiary alicyclic amines) is 1. The Labute approximate surface area is 217 Å². The summed E-state index contributed by atoms with van der Waals surface area (Å²) in [5.74, 6) is 0.891. The highest BCUT2D eigenvalue weighted by atomic mass is 16.6. The molecule has 2 aliphatic heterocycles. The van der Waals surface area contributed by atoms with Gasteiger partial charge in [-0.15, -0.1) is 0 Å². The smallest absolute Gasteiger partial charge is 0.391 e. The molecule has 37 heavy (non-hydrogen) atoms. The van der Waals surface area contributed by atoms with E-state index in [0.717, 1.165) is 25.5 Å². The second-order valence-corrected chi connectivity index (χ2v) is 9.40. The highest BCUT2D eigenvalue weighted by Crippen LogP contribution is 2.17. The Morgan fingerprint density at radius 2 is 1.62 bits per heavy atom. The number of nitrogens with zero attached hydrogens (tertiary/aromatic N) is 5. The first-order valence-corrected chi connectivity index (χ1v) is 12.9. The molecular formula is C28H32N6O3. The number of hydrogen-bond acceptors (Lipinski definition) is 7. The number of rotatable bonds is 6. The Bertz CT molecular complexity index is 1170. The van der Waals surface area contributed by atoms with Crippen molar-refractivity contribution in [1.29, 1.82) is 0 Å². The summed E-state index contributed by atoms with van der Waals surface area (Å²) in [6.45, 7) is 5.66. The Hall–Kier alpha value is -3.98. The first-order valence-electron chi connectivity index (χ1n) is 12.9. The Kier molecular flexibility index (Phi) is 7.90. The number of pyridine rings is 2. The maximum atomic E-state index is 12.7. The van der Waals surface area contributed by atoms with E-state index >= 15 is 0 Å². The standard InChI is InChI=1S/C28H32N6O3/c35-27(23-9-7-22(8-10-23)21-32-14-4-1-5-15-32)31-24-11-12-26(30-20-24)37-28(36)34-18-16-33(17-19-34)25-6-2-3-13-29-25/h2-3,6-13,20H,1,4-5,14-19,21H2,(H,31,35). The minimum Gasteiger partial charge on any atom is -0.391 e. The number of carbonyl (C=O) groups excluding carboxylic acids is 2. The second-order valence-electron chi connectivity index (χ2n) is 9.40. The fourth-order valence-corrected chi connectivity index (χ4v) is 4.67. The minimum atomic E-state index is -0.436. The molecule has 1 N–H and O–H groups in total. The third kappa shape index (κ3) is 6.62. The van der Waals surface area contributed by atoms with E-state index in [1.54, 1.807) is 23.2 Å². The molecule has 0 saturated carbocycles. The summed E-state index contributed by atoms with van der Waals surface area (Å²) >= 11 is 0. The monoisotopic (exact) mass is 500 g/mol. The number of hydrogen-bond donors (Lipinski definition) is 1. The van der Waals surface area contributed by atoms with Crippen LogP contribution >= 0.6 is 0 Å². The molecular weight excluding hydrogens is 468 g/mol. The summed E-state index contributed by atoms with van der Waals surface area (Å²) in [5.41, 5.74) is 2.33. The fraction of sp³-hybridized carbons (Fsp3) is 0.357. The number of aromatic nitrogens is 2. The van der Waals surface area contributed by atoms with Gasteiger partial charge in [-0.25, -0.2) is 14.8 Å². The molecule has 1 aromatic carbocycles. The van der Waals surface area contributed by atoms with Gasteiger partial charge < -0.3 is 19.9 Å². The summed E-state index contributed by atoms with van der Waals surface area (Å²) < 4.78 is 5.44. The van der Waals surface area contributed by atoms with Gasteiger partial charge in [-0.2, -0.15) is 0 Å². The molecule has 0 spiro atoms. The normalized spacial score (nSPS) is 16.3. The maximum absolute atomic E-state index is 12.7. The van der Waals surface area contributed by atoms with Gasteiger partial charge in [-0.05, 0) is 61.8 Å². The number of nitrogens with one attached hydrogen (secondary N) is 1. The summed E-state index contributed by atoms with van der Waals surface area (Å²) in [7, 11) is 0. The molecule has 0 bridgehead atoms. The molecule has 0 aliphatic carbocycles. The molecule has 2 saturated heterocycles. The number of ether oxygens (including phenoxy) is 1. The number of carbonyl (C=O) groups is 2. The van der Waals surface area contributed by atoms with Crippen molar-refractivity contribution in [3.05, 3.63) is 78.1 Å². The highest BCUT2D eigenvalue weighted by molar-refractivity contribution is 6.04. The average molecular weight is 501 g/mol. The highest BCUT2D eigenvalue weighted by Gasteiger charge is 2.23. The Balaban J connectivity index is 1.08. The van der Waals surface area contributed by atoms with Gasteiger partial charge in [0.05, 0.1) is 11.9 Å². The number of amides is 2. The van der Waals surface area contributed by atoms with E-state index in [9.17, 15) is 9.59 Å². The average Bonchev–Trinajstić information content (AvgIpc) is 2.95. The van der Waals surface area contributed by atoms with Crippen molar-refractivity contribution in [1.82, 2.24) is 19.8 Å². The van der Waals surface area contributed by atoms with E-state index in [1.807, 2.05) is 42.5 Å². The summed E-state index contributed by atoms with van der Waals surface area (Å²) in [6, 6.07) is 16.8. The van der Waals surface area contributed by atoms with E-state index in [4.69, 9.17) is 4.74 Å². The largest absolute Gasteiger partial charge is 0.416 e. The van der Waals surface area contributed by atoms with Crippen molar-refractivity contribution in [2.24, 2.45) is 0 Å². The molecule has 0 radical (unpaired) electrons. The van der Waals surface area contributed by atoms with Crippen molar-refractivity contribution >= 4 is 23.5 Å². The lowest BCUT2D eigenvalue weighted by Gasteiger charge is -2.34. The van der Waals surface area contributed by atoms with Crippen molar-refractivity contribution in [2.45, 2.75) is 25.8 Å². The molecule has 9 nitrogen and oxygen atoms in total. The fourth-order valence-electron chi connectivity index (χ4n) is 4.67. The van der Waals surface area contributed by atoms with Crippen molar-refractivity contribution in [2.75, 3.05) is 49.5 Å². The van der Waals surface area contributed by atoms with Crippen LogP contribution in [0.4, 0.5) is 16.3 Å². The number of benzene rings is 1. The van der Waals surface area contributed by atoms with Gasteiger partial charge in [0, 0.05) is 50.6 Å². The molecule has 2 aromatic heterocycles. The molecule has 2 amide bonds. The van der Waals surface area contributed by atoms with Gasteiger partial charge in [-0.1, -0.05) is 24.6 Å². The van der Waals surface area contributed by atoms with E-state index in [2.05, 4.69) is 25.1 Å². The maximum Gasteiger partial charge on any atom is 0.416 e. The summed E-state index contributed by atoms with van der Waals surface area (Å²) in [6.07, 6.45) is 6.66. The van der Waals surface area contributed by atoms with Gasteiger partial charge in [0.1, 0.15) is 5.82 Å². The van der Waals surface area contributed by atoms with Crippen LogP contribution in [-0.2, 0) is 6.54 Å². The molecule has 9 heteroatoms. The number of anilines is 2. The van der Waals surface area contributed by atoms with Crippen molar-refractivity contribution in [3.8, 4) is 5.88 Å². The number of piperidine rings is 1. The van der Waals surface area contributed by atoms with E-state index in [-0.39, 0.29) is 11.8 Å². The molecule has 192 valence electrons. The third-order valence-corrected chi connectivity index (χ3v) is 6.77. The van der Waals surface area contributed by atoms with E-state index < -0.39 is 6.09 Å². The van der Waals surface area contributed by atoms with Crippen LogP contribution in [0.3, 0.4) is 0 Å². The Morgan fingerprint density at radius 3 is 2.30 bits per heavy atom. The van der Waals surface area contributed by atoms with Crippen molar-refractivity contribution < 1.29 is 14.3 Å². The lowest BCUT2D eigenvalue weighted by molar-refractivity contribution is 0.102. The minimum absolute atomic E-state index is 0.192. The lowest BCUT2D eigenvalue weighted by atomic mass is 10.1. The SMILES string of the molecule is O=C(Nc1ccc(OC(=O)N2CCN(c3ccccn3)CC2)nc1)c1ccc(CN2CCCCC2)cc1. The van der Waals surface area contributed by atoms with Gasteiger partial charge >= 0.3 is 6.09 Å². The van der Waals surface area contributed by atoms with Crippen LogP contribution < -0.4 is 15.0 Å². The van der Waals surface area contributed by atoms with Gasteiger partial charge in [0.2, 0.25) is 5.88 Å². The van der Waals surface area contributed by atoms with Crippen LogP contribution in [0.5, 0.6) is 5.88 Å². The molecule has 2 fully saturated rings. The van der Waals surface area contributed by atoms with Crippen LogP contribution in [0.2, 0.25) is 0 Å². The first-order chi connectivity index (χ1) is 18.1. The second kappa shape index (κ2) is 11.8. The van der Waals surface area contributed by atoms with Crippen LogP contribution in [0.25, 0.3) is 0 Å². The van der Waals surface area contributed by atoms with Gasteiger partial charge in [0.25, 0.3) is 5.91 Å². The lowest BCUT2D eigenvalue weighted by Crippen LogP contribution is -2.49. The van der Waals surface area contributed by atoms with Gasteiger partial charge in [0.15, 0.2) is 0 Å². The van der Waals surface area contributed by atoms with Gasteiger partial charge in [-0.3, -0.25) is 9.69 Å². The molecule has 0 unspecified atom stereocenters. The summed E-state index contributed by atoms with van der Waals surface area (Å²) in [4.78, 5) is 40.0. The molecule has 4 heterocycles. The summed E-state index contributed by atoms with van der Waals surface area (Å²) in [5, 5.41) is 2.85. The zero-order chi connectivity index (χ0) is 25.5. The van der Waals surface area contributed by atoms with E-state index in [0.29, 0.717) is 37.4 Å². The topological polar surface area (TPSA) is 90.9 Å². The predicted molar refractivity (Wildman–Crippen MR) is 142 cm³/mol. The predicted octanol–water partition coefficient (Wildman–Crippen LogP) is 4.04. The van der Waals surface area contributed by atoms with Crippen LogP contribution in [-0.4, -0.2) is 71.0 Å². The first kappa shape index (κ1) is 24.7. The van der Waals surface area contributed by atoms with Crippen LogP contribution in [0.15, 0.2) is 67.0 Å². The molecule has 3 aromatic rings. The number of piperazine rings is 1. The van der Waals surface area contributed by atoms with Crippen LogP contribution in [0.1, 0.15) is 35.2 Å². The zero-order valence-corrected chi connectivity index (χ0v) is 20.9. The third-order valence-electron chi connectivity index (χ3n) is 6.77. The zero-order valence-electron chi connectivity index (χ0n) is 20.9. The molecule has 2 aliphatic rings. The van der Waals surface area contributed by atoms with Crippen LogP contribution in [0, 0.1) is 0 Å². The van der Waals surface area contributed by atoms with Crippen molar-refractivity contribution in [3.63, 3.8) is 0 Å². The molecule has 5 rings (SSSR count). The molecule has 0 atom stereocenters. The Morgan fingerprint density at radius 1 is 0.838 bits per heavy atom. The van der Waals surface area contributed by atoms with E-state index in [1.165, 1.54) is 31.0 Å². The quantitative estimate of drug-likeness (QED) is 0.546.